The fourth-order valence-corrected chi connectivity index (χ4v) is 2.68. The normalized spacial score (nSPS) is 17.9. The first kappa shape index (κ1) is 13.9. The fourth-order valence-electron chi connectivity index (χ4n) is 2.68. The van der Waals surface area contributed by atoms with Crippen molar-refractivity contribution in [2.45, 2.75) is 31.7 Å². The number of ether oxygens (including phenoxy) is 1. The summed E-state index contributed by atoms with van der Waals surface area (Å²) >= 11 is 0. The zero-order chi connectivity index (χ0) is 13.7. The van der Waals surface area contributed by atoms with Crippen LogP contribution in [0.1, 0.15) is 24.8 Å². The molecule has 1 fully saturated rings. The third kappa shape index (κ3) is 3.47. The van der Waals surface area contributed by atoms with E-state index in [0.717, 1.165) is 37.2 Å². The third-order valence-electron chi connectivity index (χ3n) is 3.72. The molecule has 1 heterocycles. The lowest BCUT2D eigenvalue weighted by Gasteiger charge is -2.32. The van der Waals surface area contributed by atoms with E-state index in [-0.39, 0.29) is 0 Å². The predicted octanol–water partition coefficient (Wildman–Crippen LogP) is 2.18. The predicted molar refractivity (Wildman–Crippen MR) is 73.5 cm³/mol. The molecule has 0 amide bonds. The molecule has 1 atom stereocenters. The highest BCUT2D eigenvalue weighted by molar-refractivity contribution is 5.74. The van der Waals surface area contributed by atoms with E-state index in [9.17, 15) is 9.90 Å². The Kier molecular flexibility index (Phi) is 4.80. The van der Waals surface area contributed by atoms with Gasteiger partial charge in [-0.3, -0.25) is 9.69 Å². The molecule has 1 aromatic rings. The smallest absolute Gasteiger partial charge is 0.321 e. The topological polar surface area (TPSA) is 49.8 Å². The van der Waals surface area contributed by atoms with Crippen molar-refractivity contribution < 1.29 is 14.6 Å². The number of benzene rings is 1. The van der Waals surface area contributed by atoms with Gasteiger partial charge in [0.1, 0.15) is 11.8 Å². The number of hydrogen-bond donors (Lipinski definition) is 1. The van der Waals surface area contributed by atoms with Gasteiger partial charge < -0.3 is 9.84 Å². The molecule has 1 N–H and O–H groups in total. The largest absolute Gasteiger partial charge is 0.496 e. The number of para-hydroxylation sites is 1. The Labute approximate surface area is 114 Å². The summed E-state index contributed by atoms with van der Waals surface area (Å²) in [6.07, 6.45) is 3.89. The highest BCUT2D eigenvalue weighted by Gasteiger charge is 2.27. The van der Waals surface area contributed by atoms with Crippen LogP contribution in [0.25, 0.3) is 0 Å². The van der Waals surface area contributed by atoms with Gasteiger partial charge in [0.05, 0.1) is 7.11 Å². The average molecular weight is 263 g/mol. The number of nitrogens with zero attached hydrogens (tertiary/aromatic N) is 1. The van der Waals surface area contributed by atoms with E-state index in [0.29, 0.717) is 6.42 Å². The van der Waals surface area contributed by atoms with Crippen molar-refractivity contribution in [3.8, 4) is 5.75 Å². The number of rotatable bonds is 5. The number of piperidine rings is 1. The summed E-state index contributed by atoms with van der Waals surface area (Å²) in [6, 6.07) is 7.20. The van der Waals surface area contributed by atoms with E-state index < -0.39 is 12.0 Å². The summed E-state index contributed by atoms with van der Waals surface area (Å²) in [5, 5.41) is 9.47. The molecule has 2 rings (SSSR count). The van der Waals surface area contributed by atoms with Crippen LogP contribution >= 0.6 is 0 Å². The molecule has 1 aliphatic heterocycles. The summed E-state index contributed by atoms with van der Waals surface area (Å²) in [5.74, 6) is 0.0264. The molecule has 1 saturated heterocycles. The summed E-state index contributed by atoms with van der Waals surface area (Å²) in [6.45, 7) is 1.76. The van der Waals surface area contributed by atoms with Gasteiger partial charge in [-0.05, 0) is 37.6 Å². The van der Waals surface area contributed by atoms with Gasteiger partial charge >= 0.3 is 5.97 Å². The molecular weight excluding hydrogens is 242 g/mol. The van der Waals surface area contributed by atoms with Crippen LogP contribution in [0, 0.1) is 0 Å². The first-order valence-electron chi connectivity index (χ1n) is 6.81. The second-order valence-corrected chi connectivity index (χ2v) is 4.97. The van der Waals surface area contributed by atoms with Crippen molar-refractivity contribution in [3.05, 3.63) is 29.8 Å². The number of aliphatic carboxylic acids is 1. The van der Waals surface area contributed by atoms with Crippen molar-refractivity contribution in [2.24, 2.45) is 0 Å². The summed E-state index contributed by atoms with van der Waals surface area (Å²) in [7, 11) is 1.62. The minimum Gasteiger partial charge on any atom is -0.496 e. The summed E-state index contributed by atoms with van der Waals surface area (Å²) in [4.78, 5) is 13.6. The fraction of sp³-hybridized carbons (Fsp3) is 0.533. The van der Waals surface area contributed by atoms with E-state index in [1.807, 2.05) is 24.3 Å². The Bertz CT molecular complexity index is 427. The molecule has 0 saturated carbocycles. The van der Waals surface area contributed by atoms with Gasteiger partial charge in [0.2, 0.25) is 0 Å². The van der Waals surface area contributed by atoms with Crippen LogP contribution in [0.15, 0.2) is 24.3 Å². The molecular formula is C15H21NO3. The molecule has 0 spiro atoms. The average Bonchev–Trinajstić information content (AvgIpc) is 2.45. The lowest BCUT2D eigenvalue weighted by Crippen LogP contribution is -2.45. The maximum absolute atomic E-state index is 11.5. The molecule has 0 radical (unpaired) electrons. The number of carboxylic acid groups (broad SMARTS) is 1. The Hall–Kier alpha value is -1.55. The molecule has 104 valence electrons. The van der Waals surface area contributed by atoms with Gasteiger partial charge in [-0.2, -0.15) is 0 Å². The van der Waals surface area contributed by atoms with Crippen LogP contribution in [-0.2, 0) is 11.2 Å². The Balaban J connectivity index is 2.13. The van der Waals surface area contributed by atoms with Gasteiger partial charge in [0.25, 0.3) is 0 Å². The van der Waals surface area contributed by atoms with Crippen molar-refractivity contribution in [2.75, 3.05) is 20.2 Å². The first-order valence-corrected chi connectivity index (χ1v) is 6.81. The van der Waals surface area contributed by atoms with Crippen molar-refractivity contribution >= 4 is 5.97 Å². The Morgan fingerprint density at radius 3 is 2.63 bits per heavy atom. The van der Waals surface area contributed by atoms with Gasteiger partial charge in [0.15, 0.2) is 0 Å². The molecule has 4 heteroatoms. The van der Waals surface area contributed by atoms with Crippen LogP contribution in [0.2, 0.25) is 0 Å². The SMILES string of the molecule is COc1ccccc1CC(C(=O)O)N1CCCCC1. The minimum atomic E-state index is -0.743. The van der Waals surface area contributed by atoms with Crippen LogP contribution in [0.5, 0.6) is 5.75 Å². The van der Waals surface area contributed by atoms with Gasteiger partial charge in [-0.25, -0.2) is 0 Å². The van der Waals surface area contributed by atoms with Gasteiger partial charge in [-0.15, -0.1) is 0 Å². The number of carboxylic acids is 1. The van der Waals surface area contributed by atoms with Crippen molar-refractivity contribution in [1.82, 2.24) is 4.90 Å². The molecule has 1 aliphatic rings. The number of hydrogen-bond acceptors (Lipinski definition) is 3. The zero-order valence-corrected chi connectivity index (χ0v) is 11.3. The zero-order valence-electron chi connectivity index (χ0n) is 11.3. The summed E-state index contributed by atoms with van der Waals surface area (Å²) < 4.78 is 5.30. The van der Waals surface area contributed by atoms with Gasteiger partial charge in [0, 0.05) is 6.42 Å². The molecule has 0 aromatic heterocycles. The molecule has 1 unspecified atom stereocenters. The van der Waals surface area contributed by atoms with Crippen LogP contribution in [-0.4, -0.2) is 42.2 Å². The molecule has 4 nitrogen and oxygen atoms in total. The van der Waals surface area contributed by atoms with Crippen molar-refractivity contribution in [3.63, 3.8) is 0 Å². The molecule has 0 aliphatic carbocycles. The van der Waals surface area contributed by atoms with Crippen LogP contribution < -0.4 is 4.74 Å². The second-order valence-electron chi connectivity index (χ2n) is 4.97. The molecule has 0 bridgehead atoms. The van der Waals surface area contributed by atoms with Crippen molar-refractivity contribution in [1.29, 1.82) is 0 Å². The number of methoxy groups -OCH3 is 1. The van der Waals surface area contributed by atoms with Crippen LogP contribution in [0.3, 0.4) is 0 Å². The lowest BCUT2D eigenvalue weighted by molar-refractivity contribution is -0.143. The van der Waals surface area contributed by atoms with Gasteiger partial charge in [-0.1, -0.05) is 24.6 Å². The maximum Gasteiger partial charge on any atom is 0.321 e. The highest BCUT2D eigenvalue weighted by Crippen LogP contribution is 2.22. The molecule has 1 aromatic carbocycles. The Morgan fingerprint density at radius 1 is 1.32 bits per heavy atom. The minimum absolute atomic E-state index is 0.448. The lowest BCUT2D eigenvalue weighted by atomic mass is 10.0. The van der Waals surface area contributed by atoms with E-state index in [1.165, 1.54) is 6.42 Å². The Morgan fingerprint density at radius 2 is 2.00 bits per heavy atom. The van der Waals surface area contributed by atoms with E-state index >= 15 is 0 Å². The standard InChI is InChI=1S/C15H21NO3/c1-19-14-8-4-3-7-12(14)11-13(15(17)18)16-9-5-2-6-10-16/h3-4,7-8,13H,2,5-6,9-11H2,1H3,(H,17,18). The third-order valence-corrected chi connectivity index (χ3v) is 3.72. The van der Waals surface area contributed by atoms with E-state index in [2.05, 4.69) is 4.90 Å². The monoisotopic (exact) mass is 263 g/mol. The highest BCUT2D eigenvalue weighted by atomic mass is 16.5. The van der Waals surface area contributed by atoms with E-state index in [4.69, 9.17) is 4.74 Å². The number of likely N-dealkylation sites (tertiary alicyclic amines) is 1. The second kappa shape index (κ2) is 6.57. The maximum atomic E-state index is 11.5. The quantitative estimate of drug-likeness (QED) is 0.884. The summed E-state index contributed by atoms with van der Waals surface area (Å²) in [5.41, 5.74) is 0.961. The first-order chi connectivity index (χ1) is 9.22. The molecule has 19 heavy (non-hydrogen) atoms. The van der Waals surface area contributed by atoms with Crippen LogP contribution in [0.4, 0.5) is 0 Å². The number of carbonyl (C=O) groups is 1. The van der Waals surface area contributed by atoms with E-state index in [1.54, 1.807) is 7.11 Å².